The van der Waals surface area contributed by atoms with Gasteiger partial charge in [-0.3, -0.25) is 4.79 Å². The fraction of sp³-hybridized carbons (Fsp3) is 0.600. The van der Waals surface area contributed by atoms with Crippen LogP contribution in [0.25, 0.3) is 11.2 Å². The van der Waals surface area contributed by atoms with E-state index in [0.717, 1.165) is 74.3 Å². The predicted molar refractivity (Wildman–Crippen MR) is 104 cm³/mol. The standard InChI is InChI=1S/C20H29N5O/c1-4-9-21-20(26)14-8-7-10-25(13-14)15-11-18-19(22-12-15)24-17(6-3)16(5-2)23-18/h11-12,14H,4-10,13H2,1-3H3,(H,21,26)/t14-/m1/s1. The minimum atomic E-state index is 0.0470. The fourth-order valence-electron chi connectivity index (χ4n) is 3.56. The summed E-state index contributed by atoms with van der Waals surface area (Å²) < 4.78 is 0. The number of anilines is 1. The van der Waals surface area contributed by atoms with E-state index in [1.165, 1.54) is 0 Å². The number of nitrogens with one attached hydrogen (secondary N) is 1. The zero-order valence-corrected chi connectivity index (χ0v) is 16.1. The quantitative estimate of drug-likeness (QED) is 0.863. The van der Waals surface area contributed by atoms with Crippen LogP contribution in [-0.4, -0.2) is 40.5 Å². The molecule has 1 atom stereocenters. The van der Waals surface area contributed by atoms with Crippen molar-refractivity contribution in [2.75, 3.05) is 24.5 Å². The van der Waals surface area contributed by atoms with E-state index in [0.29, 0.717) is 5.65 Å². The second-order valence-electron chi connectivity index (χ2n) is 6.94. The number of nitrogens with zero attached hydrogens (tertiary/aromatic N) is 4. The van der Waals surface area contributed by atoms with Gasteiger partial charge in [0.05, 0.1) is 29.2 Å². The largest absolute Gasteiger partial charge is 0.369 e. The molecule has 1 aliphatic rings. The number of rotatable bonds is 6. The summed E-state index contributed by atoms with van der Waals surface area (Å²) in [6.07, 6.45) is 6.55. The maximum Gasteiger partial charge on any atom is 0.224 e. The molecule has 2 aromatic rings. The van der Waals surface area contributed by atoms with Crippen LogP contribution in [-0.2, 0) is 17.6 Å². The van der Waals surface area contributed by atoms with Gasteiger partial charge >= 0.3 is 0 Å². The highest BCUT2D eigenvalue weighted by Gasteiger charge is 2.26. The third-order valence-corrected chi connectivity index (χ3v) is 5.04. The summed E-state index contributed by atoms with van der Waals surface area (Å²) in [7, 11) is 0. The molecular weight excluding hydrogens is 326 g/mol. The van der Waals surface area contributed by atoms with Gasteiger partial charge in [0.25, 0.3) is 0 Å². The Morgan fingerprint density at radius 1 is 1.23 bits per heavy atom. The Labute approximate surface area is 155 Å². The lowest BCUT2D eigenvalue weighted by molar-refractivity contribution is -0.125. The molecule has 6 heteroatoms. The van der Waals surface area contributed by atoms with Crippen LogP contribution in [0.3, 0.4) is 0 Å². The van der Waals surface area contributed by atoms with Crippen molar-refractivity contribution in [3.05, 3.63) is 23.7 Å². The number of hydrogen-bond acceptors (Lipinski definition) is 5. The van der Waals surface area contributed by atoms with Crippen LogP contribution in [0.1, 0.15) is 51.4 Å². The molecule has 6 nitrogen and oxygen atoms in total. The first-order valence-corrected chi connectivity index (χ1v) is 9.84. The molecule has 0 aliphatic carbocycles. The number of carbonyl (C=O) groups is 1. The number of fused-ring (bicyclic) bond motifs is 1. The van der Waals surface area contributed by atoms with Crippen LogP contribution in [0, 0.1) is 5.92 Å². The van der Waals surface area contributed by atoms with Crippen molar-refractivity contribution in [2.45, 2.75) is 52.9 Å². The molecule has 0 unspecified atom stereocenters. The third kappa shape index (κ3) is 3.94. The number of pyridine rings is 1. The summed E-state index contributed by atoms with van der Waals surface area (Å²) in [4.78, 5) is 28.6. The minimum Gasteiger partial charge on any atom is -0.369 e. The summed E-state index contributed by atoms with van der Waals surface area (Å²) >= 11 is 0. The third-order valence-electron chi connectivity index (χ3n) is 5.04. The van der Waals surface area contributed by atoms with Gasteiger partial charge < -0.3 is 10.2 Å². The molecule has 1 aliphatic heterocycles. The van der Waals surface area contributed by atoms with Crippen LogP contribution >= 0.6 is 0 Å². The van der Waals surface area contributed by atoms with Crippen molar-refractivity contribution in [3.63, 3.8) is 0 Å². The smallest absolute Gasteiger partial charge is 0.224 e. The van der Waals surface area contributed by atoms with Gasteiger partial charge in [-0.15, -0.1) is 0 Å². The lowest BCUT2D eigenvalue weighted by atomic mass is 9.96. The molecule has 0 spiro atoms. The number of aromatic nitrogens is 3. The molecule has 3 heterocycles. The zero-order chi connectivity index (χ0) is 18.5. The summed E-state index contributed by atoms with van der Waals surface area (Å²) in [5, 5.41) is 3.03. The summed E-state index contributed by atoms with van der Waals surface area (Å²) in [6.45, 7) is 8.72. The van der Waals surface area contributed by atoms with Gasteiger partial charge in [-0.2, -0.15) is 0 Å². The van der Waals surface area contributed by atoms with Gasteiger partial charge in [0.15, 0.2) is 5.65 Å². The minimum absolute atomic E-state index is 0.0470. The van der Waals surface area contributed by atoms with E-state index in [-0.39, 0.29) is 11.8 Å². The first kappa shape index (κ1) is 18.5. The molecular formula is C20H29N5O. The molecule has 140 valence electrons. The van der Waals surface area contributed by atoms with Crippen molar-refractivity contribution >= 4 is 22.8 Å². The van der Waals surface area contributed by atoms with E-state index in [9.17, 15) is 4.79 Å². The van der Waals surface area contributed by atoms with Crippen molar-refractivity contribution in [1.82, 2.24) is 20.3 Å². The average molecular weight is 355 g/mol. The van der Waals surface area contributed by atoms with Crippen molar-refractivity contribution in [2.24, 2.45) is 5.92 Å². The summed E-state index contributed by atoms with van der Waals surface area (Å²) in [5.74, 6) is 0.219. The number of carbonyl (C=O) groups excluding carboxylic acids is 1. The van der Waals surface area contributed by atoms with Crippen LogP contribution < -0.4 is 10.2 Å². The van der Waals surface area contributed by atoms with Gasteiger partial charge in [0.2, 0.25) is 5.91 Å². The summed E-state index contributed by atoms with van der Waals surface area (Å²) in [6, 6.07) is 2.07. The molecule has 26 heavy (non-hydrogen) atoms. The maximum atomic E-state index is 12.3. The first-order chi connectivity index (χ1) is 12.7. The van der Waals surface area contributed by atoms with Gasteiger partial charge in [-0.1, -0.05) is 20.8 Å². The average Bonchev–Trinajstić information content (AvgIpc) is 2.70. The van der Waals surface area contributed by atoms with Gasteiger partial charge in [0.1, 0.15) is 5.52 Å². The fourth-order valence-corrected chi connectivity index (χ4v) is 3.56. The molecule has 0 aromatic carbocycles. The van der Waals surface area contributed by atoms with Gasteiger partial charge in [-0.05, 0) is 38.2 Å². The van der Waals surface area contributed by atoms with Crippen molar-refractivity contribution in [1.29, 1.82) is 0 Å². The number of aryl methyl sites for hydroxylation is 2. The van der Waals surface area contributed by atoms with Gasteiger partial charge in [-0.25, -0.2) is 15.0 Å². The molecule has 3 rings (SSSR count). The Morgan fingerprint density at radius 3 is 2.73 bits per heavy atom. The Bertz CT molecular complexity index is 776. The van der Waals surface area contributed by atoms with Crippen LogP contribution in [0.4, 0.5) is 5.69 Å². The topological polar surface area (TPSA) is 71.0 Å². The Hall–Kier alpha value is -2.24. The van der Waals surface area contributed by atoms with Crippen LogP contribution in [0.5, 0.6) is 0 Å². The normalized spacial score (nSPS) is 17.5. The van der Waals surface area contributed by atoms with Crippen molar-refractivity contribution in [3.8, 4) is 0 Å². The lowest BCUT2D eigenvalue weighted by Gasteiger charge is -2.33. The molecule has 0 bridgehead atoms. The Kier molecular flexibility index (Phi) is 6.01. The van der Waals surface area contributed by atoms with E-state index in [2.05, 4.69) is 47.0 Å². The summed E-state index contributed by atoms with van der Waals surface area (Å²) in [5.41, 5.74) is 4.66. The second-order valence-corrected chi connectivity index (χ2v) is 6.94. The highest BCUT2D eigenvalue weighted by Crippen LogP contribution is 2.25. The van der Waals surface area contributed by atoms with Crippen LogP contribution in [0.2, 0.25) is 0 Å². The number of piperidine rings is 1. The van der Waals surface area contributed by atoms with Gasteiger partial charge in [0, 0.05) is 19.6 Å². The highest BCUT2D eigenvalue weighted by atomic mass is 16.1. The molecule has 0 radical (unpaired) electrons. The maximum absolute atomic E-state index is 12.3. The number of amides is 1. The molecule has 1 saturated heterocycles. The molecule has 0 saturated carbocycles. The SMILES string of the molecule is CCCNC(=O)[C@@H]1CCCN(c2cnc3nc(CC)c(CC)nc3c2)C1. The number of hydrogen-bond donors (Lipinski definition) is 1. The Balaban J connectivity index is 1.82. The monoisotopic (exact) mass is 355 g/mol. The predicted octanol–water partition coefficient (Wildman–Crippen LogP) is 2.89. The molecule has 2 aromatic heterocycles. The highest BCUT2D eigenvalue weighted by molar-refractivity contribution is 5.80. The van der Waals surface area contributed by atoms with Crippen molar-refractivity contribution < 1.29 is 4.79 Å². The van der Waals surface area contributed by atoms with E-state index in [1.54, 1.807) is 0 Å². The Morgan fingerprint density at radius 2 is 2.00 bits per heavy atom. The second kappa shape index (κ2) is 8.43. The zero-order valence-electron chi connectivity index (χ0n) is 16.1. The molecule has 1 fully saturated rings. The first-order valence-electron chi connectivity index (χ1n) is 9.84. The van der Waals surface area contributed by atoms with E-state index in [4.69, 9.17) is 4.98 Å². The van der Waals surface area contributed by atoms with E-state index >= 15 is 0 Å². The van der Waals surface area contributed by atoms with E-state index in [1.807, 2.05) is 6.20 Å². The molecule has 1 N–H and O–H groups in total. The van der Waals surface area contributed by atoms with Crippen LogP contribution in [0.15, 0.2) is 12.3 Å². The van der Waals surface area contributed by atoms with E-state index < -0.39 is 0 Å². The molecule has 1 amide bonds. The lowest BCUT2D eigenvalue weighted by Crippen LogP contribution is -2.43.